The average Bonchev–Trinajstić information content (AvgIpc) is 3.42. The van der Waals surface area contributed by atoms with E-state index in [4.69, 9.17) is 16.3 Å². The van der Waals surface area contributed by atoms with Crippen LogP contribution >= 0.6 is 45.5 Å². The number of Topliss-reactive ketones (excluding diaryl/α,β-unsaturated/α-hetero) is 1. The molecule has 0 bridgehead atoms. The number of anilines is 1. The number of benzene rings is 3. The zero-order valence-corrected chi connectivity index (χ0v) is 23.5. The summed E-state index contributed by atoms with van der Waals surface area (Å²) in [5.74, 6) is -1.18. The van der Waals surface area contributed by atoms with E-state index in [1.807, 2.05) is 24.3 Å². The first-order chi connectivity index (χ1) is 17.9. The molecule has 188 valence electrons. The van der Waals surface area contributed by atoms with Crippen molar-refractivity contribution in [1.29, 1.82) is 0 Å². The Balaban J connectivity index is 1.64. The summed E-state index contributed by atoms with van der Waals surface area (Å²) in [5, 5.41) is 12.3. The van der Waals surface area contributed by atoms with E-state index in [1.54, 1.807) is 42.5 Å². The standard InChI is InChI=1S/C28H22ClIN2O4S/c1-2-3-13-36-20-6-4-5-17(14-20)25(33)23-24(16-7-10-19(30)11-8-16)32(27(35)26(23)34)28-31-21-12-9-18(29)15-22(21)37-28/h4-12,14-15,24,33H,2-3,13H2,1H3. The number of ether oxygens (including phenoxy) is 1. The van der Waals surface area contributed by atoms with E-state index in [1.165, 1.54) is 16.2 Å². The van der Waals surface area contributed by atoms with Gasteiger partial charge >= 0.3 is 5.91 Å². The number of aliphatic hydroxyl groups excluding tert-OH is 1. The maximum absolute atomic E-state index is 13.4. The second kappa shape index (κ2) is 10.8. The number of rotatable bonds is 7. The van der Waals surface area contributed by atoms with Crippen LogP contribution in [0.4, 0.5) is 5.13 Å². The molecule has 1 fully saturated rings. The van der Waals surface area contributed by atoms with Crippen molar-refractivity contribution in [2.24, 2.45) is 0 Å². The van der Waals surface area contributed by atoms with Crippen molar-refractivity contribution >= 4 is 78.3 Å². The Hall–Kier alpha value is -2.95. The molecule has 2 heterocycles. The van der Waals surface area contributed by atoms with Gasteiger partial charge in [0, 0.05) is 14.2 Å². The molecule has 0 radical (unpaired) electrons. The lowest BCUT2D eigenvalue weighted by molar-refractivity contribution is -0.132. The van der Waals surface area contributed by atoms with Gasteiger partial charge in [-0.3, -0.25) is 14.5 Å². The van der Waals surface area contributed by atoms with Gasteiger partial charge in [-0.05, 0) is 77.0 Å². The van der Waals surface area contributed by atoms with Crippen LogP contribution < -0.4 is 9.64 Å². The van der Waals surface area contributed by atoms with Gasteiger partial charge in [-0.15, -0.1) is 0 Å². The van der Waals surface area contributed by atoms with E-state index in [-0.39, 0.29) is 11.3 Å². The van der Waals surface area contributed by atoms with Crippen molar-refractivity contribution in [3.63, 3.8) is 0 Å². The predicted octanol–water partition coefficient (Wildman–Crippen LogP) is 7.36. The fraction of sp³-hybridized carbons (Fsp3) is 0.179. The van der Waals surface area contributed by atoms with Crippen LogP contribution in [0.5, 0.6) is 5.75 Å². The number of aromatic nitrogens is 1. The third-order valence-electron chi connectivity index (χ3n) is 6.05. The van der Waals surface area contributed by atoms with E-state index in [0.29, 0.717) is 39.2 Å². The molecule has 3 aromatic carbocycles. The minimum atomic E-state index is -0.849. The Morgan fingerprint density at radius 2 is 1.92 bits per heavy atom. The van der Waals surface area contributed by atoms with Crippen molar-refractivity contribution in [3.05, 3.63) is 92.0 Å². The lowest BCUT2D eigenvalue weighted by Gasteiger charge is -2.23. The normalized spacial score (nSPS) is 17.1. The molecule has 5 rings (SSSR count). The van der Waals surface area contributed by atoms with Gasteiger partial charge in [0.1, 0.15) is 11.5 Å². The van der Waals surface area contributed by atoms with Crippen LogP contribution in [0.1, 0.15) is 36.9 Å². The maximum atomic E-state index is 13.4. The molecular formula is C28H22ClIN2O4S. The second-order valence-electron chi connectivity index (χ2n) is 8.56. The number of halogens is 2. The lowest BCUT2D eigenvalue weighted by Crippen LogP contribution is -2.29. The molecule has 1 amide bonds. The highest BCUT2D eigenvalue weighted by atomic mass is 127. The molecule has 1 aromatic heterocycles. The number of aliphatic hydroxyl groups is 1. The van der Waals surface area contributed by atoms with E-state index < -0.39 is 17.7 Å². The Morgan fingerprint density at radius 3 is 2.68 bits per heavy atom. The van der Waals surface area contributed by atoms with Crippen LogP contribution in [-0.2, 0) is 9.59 Å². The Morgan fingerprint density at radius 1 is 1.14 bits per heavy atom. The number of fused-ring (bicyclic) bond motifs is 1. The number of ketones is 1. The van der Waals surface area contributed by atoms with Crippen LogP contribution in [0, 0.1) is 3.57 Å². The summed E-state index contributed by atoms with van der Waals surface area (Å²) >= 11 is 9.62. The second-order valence-corrected chi connectivity index (χ2v) is 11.3. The van der Waals surface area contributed by atoms with Crippen LogP contribution in [0.25, 0.3) is 16.0 Å². The summed E-state index contributed by atoms with van der Waals surface area (Å²) in [7, 11) is 0. The molecule has 4 aromatic rings. The Labute approximate surface area is 236 Å². The highest BCUT2D eigenvalue weighted by Crippen LogP contribution is 2.44. The van der Waals surface area contributed by atoms with Crippen molar-refractivity contribution in [1.82, 2.24) is 4.98 Å². The average molecular weight is 645 g/mol. The first kappa shape index (κ1) is 25.7. The fourth-order valence-electron chi connectivity index (χ4n) is 4.20. The summed E-state index contributed by atoms with van der Waals surface area (Å²) in [6.45, 7) is 2.63. The molecule has 1 atom stereocenters. The van der Waals surface area contributed by atoms with E-state index in [2.05, 4.69) is 34.5 Å². The SMILES string of the molecule is CCCCOc1cccc(C(O)=C2C(=O)C(=O)N(c3nc4ccc(Cl)cc4s3)C2c2ccc(I)cc2)c1. The van der Waals surface area contributed by atoms with E-state index in [0.717, 1.165) is 21.1 Å². The summed E-state index contributed by atoms with van der Waals surface area (Å²) in [6.07, 6.45) is 1.90. The molecule has 37 heavy (non-hydrogen) atoms. The van der Waals surface area contributed by atoms with E-state index in [9.17, 15) is 14.7 Å². The Bertz CT molecular complexity index is 1530. The minimum absolute atomic E-state index is 0.00852. The van der Waals surface area contributed by atoms with Gasteiger partial charge in [0.05, 0.1) is 28.4 Å². The number of carbonyl (C=O) groups excluding carboxylic acids is 2. The number of thiazole rings is 1. The van der Waals surface area contributed by atoms with Crippen molar-refractivity contribution in [3.8, 4) is 5.75 Å². The van der Waals surface area contributed by atoms with Gasteiger partial charge in [-0.2, -0.15) is 0 Å². The molecule has 6 nitrogen and oxygen atoms in total. The molecule has 1 saturated heterocycles. The fourth-order valence-corrected chi connectivity index (χ4v) is 5.83. The predicted molar refractivity (Wildman–Crippen MR) is 155 cm³/mol. The number of hydrogen-bond donors (Lipinski definition) is 1. The van der Waals surface area contributed by atoms with Gasteiger partial charge in [0.2, 0.25) is 0 Å². The molecule has 0 aliphatic carbocycles. The molecule has 1 unspecified atom stereocenters. The molecule has 0 spiro atoms. The Kier molecular flexibility index (Phi) is 7.50. The molecule has 1 N–H and O–H groups in total. The van der Waals surface area contributed by atoms with Gasteiger partial charge in [-0.25, -0.2) is 4.98 Å². The van der Waals surface area contributed by atoms with Gasteiger partial charge in [-0.1, -0.05) is 60.5 Å². The zero-order valence-electron chi connectivity index (χ0n) is 19.8. The topological polar surface area (TPSA) is 79.7 Å². The summed E-state index contributed by atoms with van der Waals surface area (Å²) in [4.78, 5) is 32.9. The monoisotopic (exact) mass is 644 g/mol. The lowest BCUT2D eigenvalue weighted by atomic mass is 9.95. The van der Waals surface area contributed by atoms with E-state index >= 15 is 0 Å². The van der Waals surface area contributed by atoms with Crippen LogP contribution in [0.15, 0.2) is 72.3 Å². The highest BCUT2D eigenvalue weighted by molar-refractivity contribution is 14.1. The number of unbranched alkanes of at least 4 members (excludes halogenated alkanes) is 1. The third kappa shape index (κ3) is 5.10. The number of amides is 1. The smallest absolute Gasteiger partial charge is 0.301 e. The molecule has 0 saturated carbocycles. The van der Waals surface area contributed by atoms with Gasteiger partial charge in [0.15, 0.2) is 5.13 Å². The summed E-state index contributed by atoms with van der Waals surface area (Å²) in [5.41, 5.74) is 1.77. The van der Waals surface area contributed by atoms with Crippen LogP contribution in [-0.4, -0.2) is 28.4 Å². The van der Waals surface area contributed by atoms with Gasteiger partial charge < -0.3 is 9.84 Å². The highest BCUT2D eigenvalue weighted by Gasteiger charge is 2.48. The number of nitrogens with zero attached hydrogens (tertiary/aromatic N) is 2. The number of hydrogen-bond acceptors (Lipinski definition) is 6. The number of carbonyl (C=O) groups is 2. The quantitative estimate of drug-likeness (QED) is 0.0748. The van der Waals surface area contributed by atoms with Crippen molar-refractivity contribution in [2.75, 3.05) is 11.5 Å². The molecule has 1 aliphatic rings. The molecular weight excluding hydrogens is 623 g/mol. The summed E-state index contributed by atoms with van der Waals surface area (Å²) in [6, 6.07) is 18.9. The first-order valence-corrected chi connectivity index (χ1v) is 14.0. The minimum Gasteiger partial charge on any atom is -0.507 e. The van der Waals surface area contributed by atoms with Crippen LogP contribution in [0.2, 0.25) is 5.02 Å². The third-order valence-corrected chi connectivity index (χ3v) is 8.02. The van der Waals surface area contributed by atoms with Crippen molar-refractivity contribution in [2.45, 2.75) is 25.8 Å². The van der Waals surface area contributed by atoms with Crippen molar-refractivity contribution < 1.29 is 19.4 Å². The van der Waals surface area contributed by atoms with Gasteiger partial charge in [0.25, 0.3) is 5.78 Å². The molecule has 1 aliphatic heterocycles. The molecule has 9 heteroatoms. The summed E-state index contributed by atoms with van der Waals surface area (Å²) < 4.78 is 7.59. The zero-order chi connectivity index (χ0) is 26.1. The largest absolute Gasteiger partial charge is 0.507 e. The first-order valence-electron chi connectivity index (χ1n) is 11.7. The van der Waals surface area contributed by atoms with Crippen LogP contribution in [0.3, 0.4) is 0 Å². The maximum Gasteiger partial charge on any atom is 0.301 e.